The minimum atomic E-state index is -3.13. The molecule has 212 valence electrons. The Bertz CT molecular complexity index is 1720. The number of benzene rings is 2. The lowest BCUT2D eigenvalue weighted by atomic mass is 9.93. The standard InChI is InChI=1S/C29H26F3N5O4/c1-36-23-12-20(28(38)39)13-24(41-29(31)32)27(23)35-25(36)15-37-9-7-18(8-10-37)22-3-2-4-26(34-22)40-16-19-6-5-17(14-33)11-21(19)30/h2-6,11-13,18,29H,7-10,15-16H2,1H3,(H,38,39)/i16D2. The first-order valence-electron chi connectivity index (χ1n) is 13.7. The van der Waals surface area contributed by atoms with Crippen molar-refractivity contribution < 1.29 is 35.3 Å². The number of halogens is 3. The molecule has 0 atom stereocenters. The molecule has 1 saturated heterocycles. The Kier molecular flexibility index (Phi) is 7.33. The van der Waals surface area contributed by atoms with E-state index in [0.717, 1.165) is 12.1 Å². The van der Waals surface area contributed by atoms with Gasteiger partial charge in [0.25, 0.3) is 0 Å². The minimum absolute atomic E-state index is 0.00376. The van der Waals surface area contributed by atoms with E-state index in [1.165, 1.54) is 24.3 Å². The van der Waals surface area contributed by atoms with Gasteiger partial charge in [-0.25, -0.2) is 19.2 Å². The number of aryl methyl sites for hydroxylation is 1. The zero-order chi connectivity index (χ0) is 30.9. The summed E-state index contributed by atoms with van der Waals surface area (Å²) in [5.74, 6) is -1.87. The molecule has 12 heteroatoms. The second-order valence-corrected chi connectivity index (χ2v) is 9.57. The maximum Gasteiger partial charge on any atom is 0.387 e. The molecule has 4 aromatic rings. The molecule has 0 spiro atoms. The van der Waals surface area contributed by atoms with Gasteiger partial charge in [-0.2, -0.15) is 14.0 Å². The second-order valence-electron chi connectivity index (χ2n) is 9.57. The van der Waals surface area contributed by atoms with Gasteiger partial charge in [0.1, 0.15) is 23.7 Å². The van der Waals surface area contributed by atoms with Crippen molar-refractivity contribution in [2.45, 2.75) is 38.5 Å². The van der Waals surface area contributed by atoms with Crippen molar-refractivity contribution in [1.82, 2.24) is 19.4 Å². The Labute approximate surface area is 236 Å². The van der Waals surface area contributed by atoms with Crippen molar-refractivity contribution in [3.05, 3.63) is 82.6 Å². The van der Waals surface area contributed by atoms with Crippen LogP contribution in [0.3, 0.4) is 0 Å². The van der Waals surface area contributed by atoms with Crippen molar-refractivity contribution >= 4 is 17.0 Å². The van der Waals surface area contributed by atoms with Crippen LogP contribution in [-0.2, 0) is 20.2 Å². The highest BCUT2D eigenvalue weighted by Crippen LogP contribution is 2.32. The number of carbonyl (C=O) groups is 1. The number of pyridine rings is 1. The first-order chi connectivity index (χ1) is 20.4. The van der Waals surface area contributed by atoms with E-state index in [1.807, 2.05) is 6.07 Å². The SMILES string of the molecule is [2H]C([2H])(Oc1cccc(C2CCN(Cc3nc4c(OC(F)F)cc(C(=O)O)cc4n3C)CC2)n1)c1ccc(C#N)cc1F. The fourth-order valence-electron chi connectivity index (χ4n) is 4.83. The summed E-state index contributed by atoms with van der Waals surface area (Å²) in [6.07, 6.45) is 1.42. The molecule has 0 bridgehead atoms. The first-order valence-corrected chi connectivity index (χ1v) is 12.7. The van der Waals surface area contributed by atoms with Crippen LogP contribution in [0.5, 0.6) is 11.6 Å². The van der Waals surface area contributed by atoms with E-state index in [2.05, 4.69) is 19.6 Å². The van der Waals surface area contributed by atoms with Crippen LogP contribution in [0.25, 0.3) is 11.0 Å². The lowest BCUT2D eigenvalue weighted by Crippen LogP contribution is -2.33. The molecule has 1 N–H and O–H groups in total. The number of rotatable bonds is 9. The molecule has 9 nitrogen and oxygen atoms in total. The van der Waals surface area contributed by atoms with Crippen LogP contribution in [-0.4, -0.2) is 50.2 Å². The summed E-state index contributed by atoms with van der Waals surface area (Å²) in [5.41, 5.74) is 0.749. The summed E-state index contributed by atoms with van der Waals surface area (Å²) in [7, 11) is 1.69. The number of ether oxygens (including phenoxy) is 2. The number of hydrogen-bond acceptors (Lipinski definition) is 7. The molecule has 0 unspecified atom stereocenters. The van der Waals surface area contributed by atoms with E-state index in [9.17, 15) is 23.1 Å². The third-order valence-corrected chi connectivity index (χ3v) is 6.99. The van der Waals surface area contributed by atoms with Gasteiger partial charge in [0.15, 0.2) is 5.75 Å². The summed E-state index contributed by atoms with van der Waals surface area (Å²) in [6, 6.07) is 12.7. The molecule has 0 radical (unpaired) electrons. The van der Waals surface area contributed by atoms with Gasteiger partial charge < -0.3 is 19.1 Å². The maximum absolute atomic E-state index is 14.4. The number of aromatic nitrogens is 3. The van der Waals surface area contributed by atoms with Crippen LogP contribution in [0.2, 0.25) is 0 Å². The van der Waals surface area contributed by atoms with Crippen LogP contribution < -0.4 is 9.47 Å². The zero-order valence-corrected chi connectivity index (χ0v) is 21.9. The number of piperidine rings is 1. The van der Waals surface area contributed by atoms with Crippen LogP contribution in [0, 0.1) is 17.1 Å². The Morgan fingerprint density at radius 1 is 1.22 bits per heavy atom. The highest BCUT2D eigenvalue weighted by Gasteiger charge is 2.25. The number of aromatic carboxylic acids is 1. The van der Waals surface area contributed by atoms with Gasteiger partial charge in [0, 0.05) is 30.3 Å². The predicted octanol–water partition coefficient (Wildman–Crippen LogP) is 5.24. The molecule has 0 amide bonds. The zero-order valence-electron chi connectivity index (χ0n) is 23.9. The van der Waals surface area contributed by atoms with E-state index in [-0.39, 0.29) is 39.8 Å². The van der Waals surface area contributed by atoms with E-state index < -0.39 is 25.0 Å². The maximum atomic E-state index is 14.4. The molecule has 5 rings (SSSR count). The molecular formula is C29H26F3N5O4. The van der Waals surface area contributed by atoms with E-state index in [4.69, 9.17) is 12.7 Å². The molecule has 2 aromatic heterocycles. The van der Waals surface area contributed by atoms with Crippen molar-refractivity contribution in [2.24, 2.45) is 7.05 Å². The fraction of sp³-hybridized carbons (Fsp3) is 0.310. The molecule has 1 aliphatic heterocycles. The lowest BCUT2D eigenvalue weighted by molar-refractivity contribution is -0.0489. The van der Waals surface area contributed by atoms with Gasteiger partial charge in [-0.1, -0.05) is 12.1 Å². The monoisotopic (exact) mass is 567 g/mol. The van der Waals surface area contributed by atoms with Crippen molar-refractivity contribution in [1.29, 1.82) is 5.26 Å². The van der Waals surface area contributed by atoms with Gasteiger partial charge >= 0.3 is 12.6 Å². The Morgan fingerprint density at radius 3 is 2.68 bits per heavy atom. The largest absolute Gasteiger partial charge is 0.478 e. The fourth-order valence-corrected chi connectivity index (χ4v) is 4.83. The minimum Gasteiger partial charge on any atom is -0.478 e. The Balaban J connectivity index is 1.27. The van der Waals surface area contributed by atoms with Crippen molar-refractivity contribution in [3.8, 4) is 17.7 Å². The first kappa shape index (κ1) is 25.3. The number of nitrogens with zero attached hydrogens (tertiary/aromatic N) is 5. The summed E-state index contributed by atoms with van der Waals surface area (Å²) < 4.78 is 68.6. The Morgan fingerprint density at radius 2 is 2.00 bits per heavy atom. The predicted molar refractivity (Wildman–Crippen MR) is 141 cm³/mol. The summed E-state index contributed by atoms with van der Waals surface area (Å²) >= 11 is 0. The van der Waals surface area contributed by atoms with E-state index >= 15 is 0 Å². The number of likely N-dealkylation sites (tertiary alicyclic amines) is 1. The number of carboxylic acids is 1. The summed E-state index contributed by atoms with van der Waals surface area (Å²) in [4.78, 5) is 22.6. The molecule has 1 aliphatic rings. The van der Waals surface area contributed by atoms with Gasteiger partial charge in [0.05, 0.1) is 32.0 Å². The van der Waals surface area contributed by atoms with Crippen molar-refractivity contribution in [3.63, 3.8) is 0 Å². The summed E-state index contributed by atoms with van der Waals surface area (Å²) in [6.45, 7) is -3.96. The van der Waals surface area contributed by atoms with Crippen LogP contribution in [0.15, 0.2) is 48.5 Å². The van der Waals surface area contributed by atoms with Crippen molar-refractivity contribution in [2.75, 3.05) is 13.1 Å². The number of imidazole rings is 1. The molecule has 1 fully saturated rings. The lowest BCUT2D eigenvalue weighted by Gasteiger charge is -2.31. The molecule has 2 aromatic carbocycles. The molecule has 0 saturated carbocycles. The highest BCUT2D eigenvalue weighted by molar-refractivity contribution is 5.95. The molecule has 41 heavy (non-hydrogen) atoms. The molecule has 0 aliphatic carbocycles. The molecular weight excluding hydrogens is 539 g/mol. The number of nitriles is 1. The van der Waals surface area contributed by atoms with Crippen LogP contribution in [0.4, 0.5) is 13.2 Å². The third kappa shape index (κ3) is 6.25. The summed E-state index contributed by atoms with van der Waals surface area (Å²) in [5, 5.41) is 18.3. The number of alkyl halides is 2. The van der Waals surface area contributed by atoms with Gasteiger partial charge in [-0.3, -0.25) is 4.90 Å². The molecule has 3 heterocycles. The average molecular weight is 568 g/mol. The quantitative estimate of drug-likeness (QED) is 0.292. The normalized spacial score (nSPS) is 15.4. The second kappa shape index (κ2) is 11.9. The van der Waals surface area contributed by atoms with E-state index in [0.29, 0.717) is 49.5 Å². The smallest absolute Gasteiger partial charge is 0.387 e. The number of fused-ring (bicyclic) bond motifs is 1. The highest BCUT2D eigenvalue weighted by atomic mass is 19.3. The van der Waals surface area contributed by atoms with Gasteiger partial charge in [-0.15, -0.1) is 0 Å². The average Bonchev–Trinajstić information content (AvgIpc) is 3.27. The number of hydrogen-bond donors (Lipinski definition) is 1. The van der Waals surface area contributed by atoms with E-state index in [1.54, 1.807) is 23.8 Å². The third-order valence-electron chi connectivity index (χ3n) is 6.99. The topological polar surface area (TPSA) is 114 Å². The van der Waals surface area contributed by atoms with Crippen LogP contribution >= 0.6 is 0 Å². The van der Waals surface area contributed by atoms with Gasteiger partial charge in [0.2, 0.25) is 5.88 Å². The number of carboxylic acid groups (broad SMARTS) is 1. The Hall–Kier alpha value is -4.63. The van der Waals surface area contributed by atoms with Gasteiger partial charge in [-0.05, 0) is 56.3 Å². The van der Waals surface area contributed by atoms with Crippen LogP contribution in [0.1, 0.15) is 54.5 Å².